The molecule has 3 nitrogen and oxygen atoms in total. The Hall–Kier alpha value is 1.18. The molecule has 0 aliphatic heterocycles. The molecule has 0 saturated carbocycles. The molecule has 0 rings (SSSR count). The van der Waals surface area contributed by atoms with Crippen molar-refractivity contribution in [3.63, 3.8) is 0 Å². The standard InChI is InChI=1S/3N.Ti.V/q3*-3;+4;+5. The van der Waals surface area contributed by atoms with Crippen molar-refractivity contribution in [2.75, 3.05) is 0 Å². The van der Waals surface area contributed by atoms with Crippen LogP contribution in [0.4, 0.5) is 0 Å². The SMILES string of the molecule is [N-3].[N-3].[N-3].[Ti+4].[V+5]. The third-order valence-electron chi connectivity index (χ3n) is 0. The van der Waals surface area contributed by atoms with Crippen LogP contribution in [0.25, 0.3) is 18.5 Å². The van der Waals surface area contributed by atoms with Gasteiger partial charge in [0.15, 0.2) is 0 Å². The second-order valence-corrected chi connectivity index (χ2v) is 0. The molecule has 0 N–H and O–H groups in total. The van der Waals surface area contributed by atoms with Gasteiger partial charge < -0.3 is 18.5 Å². The molecule has 0 amide bonds. The fourth-order valence-corrected chi connectivity index (χ4v) is 0. The molecule has 0 spiro atoms. The monoisotopic (exact) mass is 141 g/mol. The number of hydrogen-bond donors (Lipinski definition) is 0. The molecule has 0 fully saturated rings. The molecule has 0 aliphatic carbocycles. The van der Waals surface area contributed by atoms with Crippen LogP contribution in [-0.2, 0) is 40.3 Å². The topological polar surface area (TPSA) is 91.5 Å². The molecule has 0 heterocycles. The molecule has 0 bridgehead atoms. The fraction of sp³-hybridized carbons (Fsp3) is 0. The molecule has 0 unspecified atom stereocenters. The van der Waals surface area contributed by atoms with E-state index in [4.69, 9.17) is 0 Å². The molecule has 0 aromatic carbocycles. The van der Waals surface area contributed by atoms with Crippen LogP contribution >= 0.6 is 0 Å². The Kier molecular flexibility index (Phi) is 1550. The third-order valence-corrected chi connectivity index (χ3v) is 0. The van der Waals surface area contributed by atoms with Gasteiger partial charge in [-0.15, -0.1) is 0 Å². The molecule has 24 valence electrons. The van der Waals surface area contributed by atoms with Gasteiger partial charge in [0.05, 0.1) is 0 Å². The first kappa shape index (κ1) is 119. The van der Waals surface area contributed by atoms with E-state index in [1.54, 1.807) is 0 Å². The van der Waals surface area contributed by atoms with Crippen molar-refractivity contribution in [3.8, 4) is 0 Å². The molecule has 0 aromatic heterocycles. The largest absolute Gasteiger partial charge is 5.00 e. The summed E-state index contributed by atoms with van der Waals surface area (Å²) in [5.74, 6) is 0. The van der Waals surface area contributed by atoms with Crippen LogP contribution in [0.3, 0.4) is 0 Å². The molecule has 0 aliphatic rings. The van der Waals surface area contributed by atoms with Crippen LogP contribution in [0.1, 0.15) is 0 Å². The minimum absolute atomic E-state index is 0. The third kappa shape index (κ3) is 37.7. The maximum atomic E-state index is 0. The van der Waals surface area contributed by atoms with Crippen LogP contribution in [0.15, 0.2) is 0 Å². The van der Waals surface area contributed by atoms with E-state index in [9.17, 15) is 0 Å². The van der Waals surface area contributed by atoms with E-state index >= 15 is 0 Å². The predicted octanol–water partition coefficient (Wildman–Crippen LogP) is 0.861. The summed E-state index contributed by atoms with van der Waals surface area (Å²) >= 11 is 0. The second kappa shape index (κ2) is 65.1. The summed E-state index contributed by atoms with van der Waals surface area (Å²) in [5.41, 5.74) is 0. The number of nitrogens with zero attached hydrogens (tertiary/aromatic N) is 3. The van der Waals surface area contributed by atoms with Crippen LogP contribution < -0.4 is 0 Å². The zero-order valence-corrected chi connectivity index (χ0v) is 5.25. The second-order valence-electron chi connectivity index (χ2n) is 0. The maximum Gasteiger partial charge on any atom is 5.00 e. The van der Waals surface area contributed by atoms with E-state index in [2.05, 4.69) is 0 Å². The zero-order valence-electron chi connectivity index (χ0n) is 2.29. The molecular formula is N3TiV. The normalized spacial score (nSPS) is 0. The molecule has 5 heavy (non-hydrogen) atoms. The van der Waals surface area contributed by atoms with Gasteiger partial charge in [-0.25, -0.2) is 0 Å². The molecule has 0 aromatic rings. The molecular weight excluding hydrogens is 141 g/mol. The van der Waals surface area contributed by atoms with Gasteiger partial charge in [0.25, 0.3) is 0 Å². The van der Waals surface area contributed by atoms with Gasteiger partial charge in [-0.05, 0) is 0 Å². The summed E-state index contributed by atoms with van der Waals surface area (Å²) in [7, 11) is 0. The number of rotatable bonds is 0. The number of hydrogen-bond acceptors (Lipinski definition) is 0. The average Bonchev–Trinajstić information content (AvgIpc) is 0. The molecule has 0 atom stereocenters. The molecule has 5 heteroatoms. The predicted molar refractivity (Wildman–Crippen MR) is 10.1 cm³/mol. The quantitative estimate of drug-likeness (QED) is 0.447. The van der Waals surface area contributed by atoms with Crippen molar-refractivity contribution < 1.29 is 40.3 Å². The van der Waals surface area contributed by atoms with Gasteiger partial charge in [0, 0.05) is 0 Å². The van der Waals surface area contributed by atoms with E-state index in [1.165, 1.54) is 0 Å². The van der Waals surface area contributed by atoms with Crippen LogP contribution in [0, 0.1) is 0 Å². The summed E-state index contributed by atoms with van der Waals surface area (Å²) in [6.45, 7) is 0. The molecule has 0 saturated heterocycles. The minimum atomic E-state index is 0. The van der Waals surface area contributed by atoms with Crippen LogP contribution in [0.2, 0.25) is 0 Å². The first-order valence-electron chi connectivity index (χ1n) is 0. The summed E-state index contributed by atoms with van der Waals surface area (Å²) in [6, 6.07) is 0. The van der Waals surface area contributed by atoms with Gasteiger partial charge >= 0.3 is 40.3 Å². The van der Waals surface area contributed by atoms with Crippen LogP contribution in [0.5, 0.6) is 0 Å². The fourth-order valence-electron chi connectivity index (χ4n) is 0. The summed E-state index contributed by atoms with van der Waals surface area (Å²) in [4.78, 5) is 0. The smallest absolute Gasteiger partial charge is 3.00 e. The van der Waals surface area contributed by atoms with Crippen molar-refractivity contribution in [2.24, 2.45) is 0 Å². The van der Waals surface area contributed by atoms with E-state index in [0.717, 1.165) is 0 Å². The van der Waals surface area contributed by atoms with E-state index in [0.29, 0.717) is 0 Å². The van der Waals surface area contributed by atoms with Crippen molar-refractivity contribution in [2.45, 2.75) is 0 Å². The Morgan fingerprint density at radius 3 is 0.600 bits per heavy atom. The average molecular weight is 141 g/mol. The summed E-state index contributed by atoms with van der Waals surface area (Å²) in [5, 5.41) is 0. The van der Waals surface area contributed by atoms with Gasteiger partial charge in [-0.2, -0.15) is 0 Å². The first-order chi connectivity index (χ1) is 0. The van der Waals surface area contributed by atoms with E-state index in [-0.39, 0.29) is 58.7 Å². The Morgan fingerprint density at radius 1 is 0.600 bits per heavy atom. The van der Waals surface area contributed by atoms with Crippen molar-refractivity contribution in [3.05, 3.63) is 18.5 Å². The summed E-state index contributed by atoms with van der Waals surface area (Å²) < 4.78 is 0. The zero-order chi connectivity index (χ0) is 0. The van der Waals surface area contributed by atoms with Crippen molar-refractivity contribution in [1.82, 2.24) is 0 Å². The first-order valence-corrected chi connectivity index (χ1v) is 0. The molecule has 0 radical (unpaired) electrons. The minimum Gasteiger partial charge on any atom is -3.00 e. The Morgan fingerprint density at radius 2 is 0.600 bits per heavy atom. The Labute approximate surface area is 58.8 Å². The van der Waals surface area contributed by atoms with Gasteiger partial charge in [-0.3, -0.25) is 0 Å². The van der Waals surface area contributed by atoms with Crippen LogP contribution in [-0.4, -0.2) is 0 Å². The Bertz CT molecular complexity index is 6.85. The maximum absolute atomic E-state index is 0. The van der Waals surface area contributed by atoms with Crippen molar-refractivity contribution >= 4 is 0 Å². The summed E-state index contributed by atoms with van der Waals surface area (Å²) in [6.07, 6.45) is 0. The van der Waals surface area contributed by atoms with E-state index in [1.807, 2.05) is 0 Å². The van der Waals surface area contributed by atoms with Gasteiger partial charge in [-0.1, -0.05) is 0 Å². The van der Waals surface area contributed by atoms with E-state index < -0.39 is 0 Å². The van der Waals surface area contributed by atoms with Gasteiger partial charge in [0.1, 0.15) is 0 Å². The Balaban J connectivity index is 0. The van der Waals surface area contributed by atoms with Crippen molar-refractivity contribution in [1.29, 1.82) is 0 Å². The van der Waals surface area contributed by atoms with Gasteiger partial charge in [0.2, 0.25) is 0 Å².